The average molecular weight is 341 g/mol. The van der Waals surface area contributed by atoms with Gasteiger partial charge in [0.15, 0.2) is 0 Å². The molecule has 1 saturated heterocycles. The van der Waals surface area contributed by atoms with Gasteiger partial charge in [-0.25, -0.2) is 0 Å². The summed E-state index contributed by atoms with van der Waals surface area (Å²) in [5.41, 5.74) is 6.86. The molecule has 0 aromatic heterocycles. The van der Waals surface area contributed by atoms with Crippen LogP contribution in [0.1, 0.15) is 23.2 Å². The Morgan fingerprint density at radius 3 is 2.85 bits per heavy atom. The van der Waals surface area contributed by atoms with Crippen LogP contribution in [-0.2, 0) is 9.53 Å². The van der Waals surface area contributed by atoms with Crippen molar-refractivity contribution in [2.75, 3.05) is 25.9 Å². The first-order valence-corrected chi connectivity index (χ1v) is 7.24. The van der Waals surface area contributed by atoms with E-state index < -0.39 is 0 Å². The quantitative estimate of drug-likeness (QED) is 0.660. The summed E-state index contributed by atoms with van der Waals surface area (Å²) in [5, 5.41) is 0. The Kier molecular flexibility index (Phi) is 4.65. The van der Waals surface area contributed by atoms with Crippen molar-refractivity contribution in [3.8, 4) is 0 Å². The van der Waals surface area contributed by atoms with Crippen molar-refractivity contribution in [1.29, 1.82) is 0 Å². The molecule has 20 heavy (non-hydrogen) atoms. The highest BCUT2D eigenvalue weighted by Crippen LogP contribution is 2.23. The fourth-order valence-corrected chi connectivity index (χ4v) is 2.63. The second kappa shape index (κ2) is 6.26. The van der Waals surface area contributed by atoms with Crippen LogP contribution in [0.4, 0.5) is 5.69 Å². The maximum Gasteiger partial charge on any atom is 0.310 e. The molecule has 1 aliphatic rings. The molecule has 0 radical (unpaired) electrons. The number of nitrogens with zero attached hydrogens (tertiary/aromatic N) is 1. The van der Waals surface area contributed by atoms with Crippen molar-refractivity contribution in [3.05, 3.63) is 28.2 Å². The minimum Gasteiger partial charge on any atom is -0.469 e. The van der Waals surface area contributed by atoms with Crippen LogP contribution in [0.2, 0.25) is 0 Å². The Labute approximate surface area is 126 Å². The molecule has 2 rings (SSSR count). The molecule has 1 heterocycles. The van der Waals surface area contributed by atoms with Crippen LogP contribution in [0.25, 0.3) is 0 Å². The Morgan fingerprint density at radius 1 is 1.45 bits per heavy atom. The van der Waals surface area contributed by atoms with Gasteiger partial charge in [-0.05, 0) is 47.0 Å². The molecule has 108 valence electrons. The van der Waals surface area contributed by atoms with E-state index in [4.69, 9.17) is 10.5 Å². The van der Waals surface area contributed by atoms with E-state index in [1.54, 1.807) is 23.1 Å². The van der Waals surface area contributed by atoms with Crippen LogP contribution in [0.3, 0.4) is 0 Å². The molecule has 0 spiro atoms. The summed E-state index contributed by atoms with van der Waals surface area (Å²) >= 11 is 3.30. The number of benzene rings is 1. The van der Waals surface area contributed by atoms with Gasteiger partial charge in [-0.3, -0.25) is 9.59 Å². The van der Waals surface area contributed by atoms with Gasteiger partial charge in [-0.2, -0.15) is 0 Å². The van der Waals surface area contributed by atoms with E-state index in [9.17, 15) is 9.59 Å². The number of rotatable bonds is 2. The van der Waals surface area contributed by atoms with Crippen molar-refractivity contribution in [2.45, 2.75) is 12.8 Å². The predicted octanol–water partition coefficient (Wildman–Crippen LogP) is 2.06. The molecule has 1 aliphatic heterocycles. The molecule has 0 aliphatic carbocycles. The van der Waals surface area contributed by atoms with Gasteiger partial charge in [-0.15, -0.1) is 0 Å². The second-order valence-electron chi connectivity index (χ2n) is 4.85. The van der Waals surface area contributed by atoms with Crippen LogP contribution in [0.15, 0.2) is 22.7 Å². The van der Waals surface area contributed by atoms with E-state index in [1.807, 2.05) is 0 Å². The molecule has 1 amide bonds. The molecule has 1 atom stereocenters. The summed E-state index contributed by atoms with van der Waals surface area (Å²) in [5.74, 6) is -0.582. The van der Waals surface area contributed by atoms with Gasteiger partial charge in [0.1, 0.15) is 0 Å². The maximum atomic E-state index is 12.4. The summed E-state index contributed by atoms with van der Waals surface area (Å²) in [6.45, 7) is 1.06. The first-order valence-electron chi connectivity index (χ1n) is 6.45. The predicted molar refractivity (Wildman–Crippen MR) is 79.2 cm³/mol. The lowest BCUT2D eigenvalue weighted by Gasteiger charge is -2.31. The van der Waals surface area contributed by atoms with Gasteiger partial charge >= 0.3 is 5.97 Å². The normalized spacial score (nSPS) is 18.7. The van der Waals surface area contributed by atoms with E-state index in [-0.39, 0.29) is 17.8 Å². The van der Waals surface area contributed by atoms with Crippen LogP contribution >= 0.6 is 15.9 Å². The summed E-state index contributed by atoms with van der Waals surface area (Å²) in [6.07, 6.45) is 1.57. The lowest BCUT2D eigenvalue weighted by Crippen LogP contribution is -2.42. The molecule has 1 aromatic rings. The summed E-state index contributed by atoms with van der Waals surface area (Å²) in [4.78, 5) is 25.7. The molecule has 1 fully saturated rings. The number of methoxy groups -OCH3 is 1. The third-order valence-electron chi connectivity index (χ3n) is 3.49. The van der Waals surface area contributed by atoms with Crippen LogP contribution in [0, 0.1) is 5.92 Å². The lowest BCUT2D eigenvalue weighted by atomic mass is 9.97. The Bertz CT molecular complexity index is 533. The highest BCUT2D eigenvalue weighted by atomic mass is 79.9. The number of likely N-dealkylation sites (tertiary alicyclic amines) is 1. The number of anilines is 1. The first-order chi connectivity index (χ1) is 9.52. The molecular formula is C14H17BrN2O3. The van der Waals surface area contributed by atoms with Crippen LogP contribution < -0.4 is 5.73 Å². The highest BCUT2D eigenvalue weighted by Gasteiger charge is 2.29. The van der Waals surface area contributed by atoms with Gasteiger partial charge in [0.2, 0.25) is 0 Å². The summed E-state index contributed by atoms with van der Waals surface area (Å²) in [6, 6.07) is 5.13. The monoisotopic (exact) mass is 340 g/mol. The minimum absolute atomic E-state index is 0.0993. The fourth-order valence-electron chi connectivity index (χ4n) is 2.38. The molecule has 6 heteroatoms. The van der Waals surface area contributed by atoms with Crippen molar-refractivity contribution >= 4 is 33.5 Å². The van der Waals surface area contributed by atoms with Crippen molar-refractivity contribution in [2.24, 2.45) is 5.92 Å². The third kappa shape index (κ3) is 3.12. The Balaban J connectivity index is 2.12. The number of piperidine rings is 1. The molecule has 1 aromatic carbocycles. The number of amides is 1. The smallest absolute Gasteiger partial charge is 0.310 e. The highest BCUT2D eigenvalue weighted by molar-refractivity contribution is 9.10. The largest absolute Gasteiger partial charge is 0.469 e. The number of nitrogen functional groups attached to an aromatic ring is 1. The van der Waals surface area contributed by atoms with Gasteiger partial charge in [0, 0.05) is 28.8 Å². The number of hydrogen-bond donors (Lipinski definition) is 1. The van der Waals surface area contributed by atoms with E-state index >= 15 is 0 Å². The van der Waals surface area contributed by atoms with Gasteiger partial charge < -0.3 is 15.4 Å². The fraction of sp³-hybridized carbons (Fsp3) is 0.429. The Hall–Kier alpha value is -1.56. The lowest BCUT2D eigenvalue weighted by molar-refractivity contribution is -0.146. The SMILES string of the molecule is COC(=O)C1CCCN(C(=O)c2ccc(Br)c(N)c2)C1. The van der Waals surface area contributed by atoms with E-state index in [2.05, 4.69) is 15.9 Å². The number of halogens is 1. The summed E-state index contributed by atoms with van der Waals surface area (Å²) < 4.78 is 5.52. The number of carbonyl (C=O) groups excluding carboxylic acids is 2. The zero-order valence-corrected chi connectivity index (χ0v) is 12.9. The zero-order valence-electron chi connectivity index (χ0n) is 11.3. The number of nitrogens with two attached hydrogens (primary N) is 1. The van der Waals surface area contributed by atoms with Crippen molar-refractivity contribution in [1.82, 2.24) is 4.90 Å². The van der Waals surface area contributed by atoms with E-state index in [1.165, 1.54) is 7.11 Å². The maximum absolute atomic E-state index is 12.4. The number of ether oxygens (including phenoxy) is 1. The zero-order chi connectivity index (χ0) is 14.7. The second-order valence-corrected chi connectivity index (χ2v) is 5.70. The van der Waals surface area contributed by atoms with Crippen LogP contribution in [-0.4, -0.2) is 37.0 Å². The standard InChI is InChI=1S/C14H17BrN2O3/c1-20-14(19)10-3-2-6-17(8-10)13(18)9-4-5-11(15)12(16)7-9/h4-5,7,10H,2-3,6,8,16H2,1H3. The van der Waals surface area contributed by atoms with E-state index in [0.29, 0.717) is 24.3 Å². The number of hydrogen-bond acceptors (Lipinski definition) is 4. The third-order valence-corrected chi connectivity index (χ3v) is 4.21. The van der Waals surface area contributed by atoms with Gasteiger partial charge in [0.25, 0.3) is 5.91 Å². The molecule has 1 unspecified atom stereocenters. The topological polar surface area (TPSA) is 72.6 Å². The van der Waals surface area contributed by atoms with Gasteiger partial charge in [-0.1, -0.05) is 0 Å². The van der Waals surface area contributed by atoms with E-state index in [0.717, 1.165) is 17.3 Å². The Morgan fingerprint density at radius 2 is 2.20 bits per heavy atom. The molecular weight excluding hydrogens is 324 g/mol. The molecule has 2 N–H and O–H groups in total. The van der Waals surface area contributed by atoms with Crippen LogP contribution in [0.5, 0.6) is 0 Å². The average Bonchev–Trinajstić information content (AvgIpc) is 2.48. The van der Waals surface area contributed by atoms with Crippen molar-refractivity contribution < 1.29 is 14.3 Å². The summed E-state index contributed by atoms with van der Waals surface area (Å²) in [7, 11) is 1.37. The molecule has 5 nitrogen and oxygen atoms in total. The van der Waals surface area contributed by atoms with Gasteiger partial charge in [0.05, 0.1) is 13.0 Å². The number of esters is 1. The molecule has 0 bridgehead atoms. The minimum atomic E-state index is -0.252. The van der Waals surface area contributed by atoms with Crippen molar-refractivity contribution in [3.63, 3.8) is 0 Å². The molecule has 0 saturated carbocycles. The number of carbonyl (C=O) groups is 2. The first kappa shape index (κ1) is 14.8.